The van der Waals surface area contributed by atoms with Crippen LogP contribution in [-0.4, -0.2) is 20.4 Å². The van der Waals surface area contributed by atoms with Gasteiger partial charge in [-0.05, 0) is 30.7 Å². The van der Waals surface area contributed by atoms with Crippen LogP contribution in [0.2, 0.25) is 5.02 Å². The summed E-state index contributed by atoms with van der Waals surface area (Å²) in [7, 11) is 0. The third kappa shape index (κ3) is 2.72. The summed E-state index contributed by atoms with van der Waals surface area (Å²) in [6.07, 6.45) is 2.30. The molecule has 0 saturated heterocycles. The second kappa shape index (κ2) is 6.08. The molecule has 0 aliphatic heterocycles. The average molecular weight is 332 g/mol. The smallest absolute Gasteiger partial charge is 0.186 e. The van der Waals surface area contributed by atoms with Gasteiger partial charge in [-0.15, -0.1) is 0 Å². The number of halogens is 2. The van der Waals surface area contributed by atoms with E-state index in [0.29, 0.717) is 29.0 Å². The molecule has 0 aliphatic rings. The maximum Gasteiger partial charge on any atom is 0.186 e. The minimum atomic E-state index is -0.544. The van der Waals surface area contributed by atoms with Crippen molar-refractivity contribution in [2.45, 2.75) is 20.3 Å². The summed E-state index contributed by atoms with van der Waals surface area (Å²) in [6, 6.07) is 7.93. The molecule has 4 nitrogen and oxygen atoms in total. The number of carbonyl (C=O) groups is 1. The van der Waals surface area contributed by atoms with Crippen LogP contribution in [0.1, 0.15) is 30.8 Å². The fourth-order valence-corrected chi connectivity index (χ4v) is 2.50. The van der Waals surface area contributed by atoms with Gasteiger partial charge >= 0.3 is 0 Å². The molecular formula is C17H15ClFN3O. The molecule has 0 spiro atoms. The summed E-state index contributed by atoms with van der Waals surface area (Å²) >= 11 is 5.76. The van der Waals surface area contributed by atoms with Gasteiger partial charge in [0.1, 0.15) is 17.2 Å². The minimum absolute atomic E-state index is 0.0327. The van der Waals surface area contributed by atoms with Crippen molar-refractivity contribution < 1.29 is 9.18 Å². The predicted molar refractivity (Wildman–Crippen MR) is 87.2 cm³/mol. The standard InChI is InChI=1S/C17H15ClFN3O/c1-3-10(2)17(23)15-16(11-6-7-12(18)13(19)9-11)22-14(21-15)5-4-8-20-22/h4-10H,3H2,1-2H3. The number of ketones is 1. The molecule has 0 saturated carbocycles. The molecule has 23 heavy (non-hydrogen) atoms. The molecule has 0 amide bonds. The second-order valence-corrected chi connectivity index (χ2v) is 5.81. The largest absolute Gasteiger partial charge is 0.292 e. The molecule has 2 aromatic heterocycles. The van der Waals surface area contributed by atoms with Crippen molar-refractivity contribution in [3.05, 3.63) is 53.1 Å². The highest BCUT2D eigenvalue weighted by Crippen LogP contribution is 2.29. The first-order valence-electron chi connectivity index (χ1n) is 7.36. The van der Waals surface area contributed by atoms with Crippen LogP contribution in [0.4, 0.5) is 4.39 Å². The number of imidazole rings is 1. The monoisotopic (exact) mass is 331 g/mol. The Hall–Kier alpha value is -2.27. The van der Waals surface area contributed by atoms with Crippen molar-refractivity contribution in [1.82, 2.24) is 14.6 Å². The molecule has 0 fully saturated rings. The molecule has 0 aliphatic carbocycles. The van der Waals surface area contributed by atoms with Gasteiger partial charge in [0, 0.05) is 17.7 Å². The van der Waals surface area contributed by atoms with E-state index in [9.17, 15) is 9.18 Å². The van der Waals surface area contributed by atoms with Crippen molar-refractivity contribution in [1.29, 1.82) is 0 Å². The van der Waals surface area contributed by atoms with Crippen LogP contribution in [-0.2, 0) is 0 Å². The number of hydrogen-bond donors (Lipinski definition) is 0. The minimum Gasteiger partial charge on any atom is -0.292 e. The lowest BCUT2D eigenvalue weighted by atomic mass is 9.98. The zero-order valence-electron chi connectivity index (χ0n) is 12.8. The van der Waals surface area contributed by atoms with Crippen LogP contribution in [0.5, 0.6) is 0 Å². The van der Waals surface area contributed by atoms with E-state index in [4.69, 9.17) is 11.6 Å². The number of aromatic nitrogens is 3. The SMILES string of the molecule is CCC(C)C(=O)c1nc2cccnn2c1-c1ccc(Cl)c(F)c1. The maximum absolute atomic E-state index is 13.9. The first-order chi connectivity index (χ1) is 11.0. The van der Waals surface area contributed by atoms with Crippen LogP contribution >= 0.6 is 11.6 Å². The van der Waals surface area contributed by atoms with Gasteiger partial charge in [0.25, 0.3) is 0 Å². The van der Waals surface area contributed by atoms with Crippen LogP contribution < -0.4 is 0 Å². The number of nitrogens with zero attached hydrogens (tertiary/aromatic N) is 3. The van der Waals surface area contributed by atoms with Gasteiger partial charge < -0.3 is 0 Å². The molecule has 0 N–H and O–H groups in total. The van der Waals surface area contributed by atoms with Crippen molar-refractivity contribution in [2.75, 3.05) is 0 Å². The first-order valence-corrected chi connectivity index (χ1v) is 7.74. The van der Waals surface area contributed by atoms with Gasteiger partial charge in [-0.3, -0.25) is 4.79 Å². The Labute approximate surface area is 137 Å². The van der Waals surface area contributed by atoms with Crippen molar-refractivity contribution in [3.63, 3.8) is 0 Å². The summed E-state index contributed by atoms with van der Waals surface area (Å²) in [5, 5.41) is 4.28. The fourth-order valence-electron chi connectivity index (χ4n) is 2.38. The van der Waals surface area contributed by atoms with Crippen LogP contribution in [0.15, 0.2) is 36.5 Å². The highest BCUT2D eigenvalue weighted by Gasteiger charge is 2.24. The zero-order chi connectivity index (χ0) is 16.6. The van der Waals surface area contributed by atoms with E-state index < -0.39 is 5.82 Å². The summed E-state index contributed by atoms with van der Waals surface area (Å²) < 4.78 is 15.4. The fraction of sp³-hybridized carbons (Fsp3) is 0.235. The third-order valence-corrected chi connectivity index (χ3v) is 4.19. The molecule has 1 unspecified atom stereocenters. The van der Waals surface area contributed by atoms with Crippen LogP contribution in [0, 0.1) is 11.7 Å². The first kappa shape index (κ1) is 15.6. The normalized spacial score (nSPS) is 12.5. The van der Waals surface area contributed by atoms with E-state index in [1.165, 1.54) is 12.1 Å². The summed E-state index contributed by atoms with van der Waals surface area (Å²) in [5.74, 6) is -0.795. The highest BCUT2D eigenvalue weighted by molar-refractivity contribution is 6.30. The number of Topliss-reactive ketones (excluding diaryl/α,β-unsaturated/α-hetero) is 1. The van der Waals surface area contributed by atoms with Gasteiger partial charge in [-0.1, -0.05) is 31.5 Å². The Kier molecular flexibility index (Phi) is 4.13. The molecule has 0 bridgehead atoms. The van der Waals surface area contributed by atoms with Gasteiger partial charge in [-0.25, -0.2) is 13.9 Å². The molecule has 1 atom stereocenters. The Morgan fingerprint density at radius 3 is 2.87 bits per heavy atom. The van der Waals surface area contributed by atoms with Gasteiger partial charge in [0.2, 0.25) is 0 Å². The van der Waals surface area contributed by atoms with E-state index in [0.717, 1.165) is 0 Å². The molecule has 1 aromatic carbocycles. The lowest BCUT2D eigenvalue weighted by molar-refractivity contribution is 0.0923. The van der Waals surface area contributed by atoms with Crippen LogP contribution in [0.25, 0.3) is 16.9 Å². The van der Waals surface area contributed by atoms with E-state index in [-0.39, 0.29) is 16.7 Å². The van der Waals surface area contributed by atoms with Crippen molar-refractivity contribution in [3.8, 4) is 11.3 Å². The molecule has 0 radical (unpaired) electrons. The average Bonchev–Trinajstić information content (AvgIpc) is 2.95. The number of carbonyl (C=O) groups excluding carboxylic acids is 1. The number of rotatable bonds is 4. The quantitative estimate of drug-likeness (QED) is 0.665. The Bertz CT molecular complexity index is 891. The van der Waals surface area contributed by atoms with E-state index in [1.807, 2.05) is 13.8 Å². The molecule has 2 heterocycles. The van der Waals surface area contributed by atoms with Gasteiger partial charge in [-0.2, -0.15) is 5.10 Å². The summed E-state index contributed by atoms with van der Waals surface area (Å²) in [5.41, 5.74) is 1.86. The van der Waals surface area contributed by atoms with Crippen molar-refractivity contribution in [2.24, 2.45) is 5.92 Å². The summed E-state index contributed by atoms with van der Waals surface area (Å²) in [4.78, 5) is 17.1. The predicted octanol–water partition coefficient (Wildman–Crippen LogP) is 4.42. The van der Waals surface area contributed by atoms with E-state index in [1.54, 1.807) is 28.9 Å². The number of benzene rings is 1. The molecule has 3 rings (SSSR count). The Morgan fingerprint density at radius 2 is 2.17 bits per heavy atom. The number of hydrogen-bond acceptors (Lipinski definition) is 3. The molecular weight excluding hydrogens is 317 g/mol. The van der Waals surface area contributed by atoms with E-state index in [2.05, 4.69) is 10.1 Å². The van der Waals surface area contributed by atoms with Gasteiger partial charge in [0.15, 0.2) is 11.4 Å². The van der Waals surface area contributed by atoms with E-state index >= 15 is 0 Å². The molecule has 118 valence electrons. The number of fused-ring (bicyclic) bond motifs is 1. The Balaban J connectivity index is 2.28. The summed E-state index contributed by atoms with van der Waals surface area (Å²) in [6.45, 7) is 3.80. The van der Waals surface area contributed by atoms with Gasteiger partial charge in [0.05, 0.1) is 5.02 Å². The third-order valence-electron chi connectivity index (χ3n) is 3.88. The zero-order valence-corrected chi connectivity index (χ0v) is 13.5. The maximum atomic E-state index is 13.9. The second-order valence-electron chi connectivity index (χ2n) is 5.41. The molecule has 3 aromatic rings. The molecule has 6 heteroatoms. The topological polar surface area (TPSA) is 47.3 Å². The van der Waals surface area contributed by atoms with Crippen LogP contribution in [0.3, 0.4) is 0 Å². The highest BCUT2D eigenvalue weighted by atomic mass is 35.5. The lowest BCUT2D eigenvalue weighted by Gasteiger charge is -2.08. The lowest BCUT2D eigenvalue weighted by Crippen LogP contribution is -2.12. The van der Waals surface area contributed by atoms with Crippen molar-refractivity contribution >= 4 is 23.0 Å². The Morgan fingerprint density at radius 1 is 1.39 bits per heavy atom.